The van der Waals surface area contributed by atoms with Crippen LogP contribution in [0.5, 0.6) is 0 Å². The Balaban J connectivity index is 1.60. The lowest BCUT2D eigenvalue weighted by Gasteiger charge is -2.71. The fraction of sp³-hybridized carbons (Fsp3) is 0.906. The van der Waals surface area contributed by atoms with E-state index in [-0.39, 0.29) is 46.1 Å². The third kappa shape index (κ3) is 3.48. The summed E-state index contributed by atoms with van der Waals surface area (Å²) in [7, 11) is 0. The zero-order chi connectivity index (χ0) is 27.2. The van der Waals surface area contributed by atoms with Gasteiger partial charge in [-0.1, -0.05) is 53.2 Å². The molecule has 0 radical (unpaired) electrons. The van der Waals surface area contributed by atoms with E-state index in [2.05, 4.69) is 40.7 Å². The van der Waals surface area contributed by atoms with E-state index in [1.807, 2.05) is 13.8 Å². The van der Waals surface area contributed by atoms with Crippen LogP contribution in [0.4, 0.5) is 0 Å². The molecule has 0 bridgehead atoms. The fourth-order valence-corrected chi connectivity index (χ4v) is 11.0. The van der Waals surface area contributed by atoms with E-state index in [1.54, 1.807) is 0 Å². The van der Waals surface area contributed by atoms with Crippen molar-refractivity contribution in [2.75, 3.05) is 13.2 Å². The lowest BCUT2D eigenvalue weighted by Crippen LogP contribution is -2.68. The molecular formula is C32H52O5. The highest BCUT2D eigenvalue weighted by atomic mass is 16.5. The molecule has 0 aromatic carbocycles. The average molecular weight is 517 g/mol. The van der Waals surface area contributed by atoms with Crippen molar-refractivity contribution in [2.45, 2.75) is 118 Å². The van der Waals surface area contributed by atoms with Crippen LogP contribution in [0.2, 0.25) is 0 Å². The molecule has 37 heavy (non-hydrogen) atoms. The van der Waals surface area contributed by atoms with Crippen molar-refractivity contribution in [1.29, 1.82) is 0 Å². The number of ether oxygens (including phenoxy) is 1. The van der Waals surface area contributed by atoms with Gasteiger partial charge in [0, 0.05) is 5.41 Å². The molecule has 0 unspecified atom stereocenters. The standard InChI is InChI=1S/C32H52O5/c1-8-37-26(36)32-15-13-27(2,3)17-21(32)20-9-10-24-28(4)18-22(34)25(35)29(5,19-33)23(28)11-12-31(24,7)30(20,6)14-16-32/h9,21-25,33-35H,8,10-19H2,1-7H3/t21-,22+,23+,24+,25-,28-,29-,30+,31+,32-/m0/s1. The van der Waals surface area contributed by atoms with E-state index in [1.165, 1.54) is 5.57 Å². The van der Waals surface area contributed by atoms with Crippen molar-refractivity contribution >= 4 is 5.97 Å². The van der Waals surface area contributed by atoms with Gasteiger partial charge in [0.2, 0.25) is 0 Å². The van der Waals surface area contributed by atoms with Crippen molar-refractivity contribution in [3.05, 3.63) is 11.6 Å². The molecule has 0 spiro atoms. The van der Waals surface area contributed by atoms with Gasteiger partial charge < -0.3 is 20.1 Å². The molecule has 0 aromatic heterocycles. The molecule has 4 fully saturated rings. The van der Waals surface area contributed by atoms with Crippen LogP contribution in [0.1, 0.15) is 106 Å². The quantitative estimate of drug-likeness (QED) is 0.333. The number of carbonyl (C=O) groups excluding carboxylic acids is 1. The van der Waals surface area contributed by atoms with Gasteiger partial charge in [0.15, 0.2) is 0 Å². The van der Waals surface area contributed by atoms with Crippen LogP contribution >= 0.6 is 0 Å². The monoisotopic (exact) mass is 516 g/mol. The SMILES string of the molecule is CCOC(=O)[C@]12CCC(C)(C)C[C@H]1C1=CC[C@@H]3[C@@]4(C)C[C@@H](O)[C@H](O)[C@@](C)(CO)[C@@H]4CC[C@@]3(C)[C@]1(C)CC2. The van der Waals surface area contributed by atoms with Gasteiger partial charge in [0.05, 0.1) is 30.8 Å². The highest BCUT2D eigenvalue weighted by Gasteiger charge is 2.70. The normalized spacial score (nSPS) is 52.6. The van der Waals surface area contributed by atoms with Crippen LogP contribution in [-0.4, -0.2) is 46.7 Å². The highest BCUT2D eigenvalue weighted by molar-refractivity contribution is 5.78. The first-order chi connectivity index (χ1) is 17.2. The number of hydrogen-bond acceptors (Lipinski definition) is 5. The maximum absolute atomic E-state index is 13.6. The van der Waals surface area contributed by atoms with Gasteiger partial charge in [-0.25, -0.2) is 0 Å². The van der Waals surface area contributed by atoms with Crippen molar-refractivity contribution in [1.82, 2.24) is 0 Å². The summed E-state index contributed by atoms with van der Waals surface area (Å²) in [4.78, 5) is 13.6. The zero-order valence-electron chi connectivity index (χ0n) is 24.4. The first-order valence-corrected chi connectivity index (χ1v) is 15.0. The summed E-state index contributed by atoms with van der Waals surface area (Å²) in [5, 5.41) is 32.5. The van der Waals surface area contributed by atoms with E-state index >= 15 is 0 Å². The minimum atomic E-state index is -0.894. The molecule has 0 saturated heterocycles. The molecule has 0 aromatic rings. The summed E-state index contributed by atoms with van der Waals surface area (Å²) in [6.45, 7) is 16.3. The molecule has 5 aliphatic rings. The molecule has 0 heterocycles. The van der Waals surface area contributed by atoms with E-state index < -0.39 is 23.0 Å². The predicted octanol–water partition coefficient (Wildman–Crippen LogP) is 5.66. The summed E-state index contributed by atoms with van der Waals surface area (Å²) >= 11 is 0. The Labute approximate surface area is 224 Å². The molecular weight excluding hydrogens is 464 g/mol. The Morgan fingerprint density at radius 1 is 0.973 bits per heavy atom. The lowest BCUT2D eigenvalue weighted by molar-refractivity contribution is -0.243. The molecule has 3 N–H and O–H groups in total. The smallest absolute Gasteiger partial charge is 0.312 e. The Morgan fingerprint density at radius 3 is 2.30 bits per heavy atom. The van der Waals surface area contributed by atoms with Gasteiger partial charge in [-0.15, -0.1) is 0 Å². The second-order valence-electron chi connectivity index (χ2n) is 15.5. The lowest BCUT2D eigenvalue weighted by atomic mass is 9.33. The Hall–Kier alpha value is -0.910. The van der Waals surface area contributed by atoms with Crippen LogP contribution in [0, 0.1) is 50.2 Å². The van der Waals surface area contributed by atoms with E-state index in [0.717, 1.165) is 51.4 Å². The maximum atomic E-state index is 13.6. The predicted molar refractivity (Wildman–Crippen MR) is 144 cm³/mol. The van der Waals surface area contributed by atoms with Gasteiger partial charge in [0.25, 0.3) is 0 Å². The minimum absolute atomic E-state index is 0.0181. The molecule has 5 rings (SSSR count). The molecule has 4 saturated carbocycles. The Bertz CT molecular complexity index is 972. The zero-order valence-corrected chi connectivity index (χ0v) is 24.4. The topological polar surface area (TPSA) is 87.0 Å². The molecule has 5 heteroatoms. The molecule has 0 amide bonds. The van der Waals surface area contributed by atoms with Crippen molar-refractivity contribution < 1.29 is 24.9 Å². The van der Waals surface area contributed by atoms with Gasteiger partial charge in [-0.2, -0.15) is 0 Å². The second-order valence-corrected chi connectivity index (χ2v) is 15.5. The first-order valence-electron chi connectivity index (χ1n) is 15.0. The molecule has 10 atom stereocenters. The Kier molecular flexibility index (Phi) is 6.38. The third-order valence-corrected chi connectivity index (χ3v) is 13.4. The number of allylic oxidation sites excluding steroid dienone is 2. The molecule has 0 aliphatic heterocycles. The largest absolute Gasteiger partial charge is 0.466 e. The number of esters is 1. The Morgan fingerprint density at radius 2 is 1.65 bits per heavy atom. The van der Waals surface area contributed by atoms with Crippen molar-refractivity contribution in [3.63, 3.8) is 0 Å². The minimum Gasteiger partial charge on any atom is -0.466 e. The summed E-state index contributed by atoms with van der Waals surface area (Å²) in [6, 6.07) is 0. The fourth-order valence-electron chi connectivity index (χ4n) is 11.0. The summed E-state index contributed by atoms with van der Waals surface area (Å²) < 4.78 is 5.76. The summed E-state index contributed by atoms with van der Waals surface area (Å²) in [5.41, 5.74) is 0.447. The number of aliphatic hydroxyl groups is 3. The number of carbonyl (C=O) groups is 1. The van der Waals surface area contributed by atoms with Gasteiger partial charge in [0.1, 0.15) is 0 Å². The maximum Gasteiger partial charge on any atom is 0.312 e. The second kappa shape index (κ2) is 8.54. The number of fused-ring (bicyclic) bond motifs is 7. The van der Waals surface area contributed by atoms with Crippen LogP contribution in [0.25, 0.3) is 0 Å². The van der Waals surface area contributed by atoms with Crippen molar-refractivity contribution in [3.8, 4) is 0 Å². The molecule has 5 nitrogen and oxygen atoms in total. The third-order valence-electron chi connectivity index (χ3n) is 13.4. The summed E-state index contributed by atoms with van der Waals surface area (Å²) in [6.07, 6.45) is 9.19. The number of aliphatic hydroxyl groups excluding tert-OH is 3. The number of rotatable bonds is 3. The number of hydrogen-bond donors (Lipinski definition) is 3. The van der Waals surface area contributed by atoms with Crippen LogP contribution in [0.3, 0.4) is 0 Å². The molecule has 5 aliphatic carbocycles. The highest BCUT2D eigenvalue weighted by Crippen LogP contribution is 2.75. The van der Waals surface area contributed by atoms with E-state index in [9.17, 15) is 20.1 Å². The van der Waals surface area contributed by atoms with Crippen LogP contribution in [-0.2, 0) is 9.53 Å². The van der Waals surface area contributed by atoms with Crippen LogP contribution in [0.15, 0.2) is 11.6 Å². The van der Waals surface area contributed by atoms with Crippen LogP contribution < -0.4 is 0 Å². The van der Waals surface area contributed by atoms with E-state index in [4.69, 9.17) is 4.74 Å². The van der Waals surface area contributed by atoms with Gasteiger partial charge >= 0.3 is 5.97 Å². The van der Waals surface area contributed by atoms with Gasteiger partial charge in [-0.05, 0) is 104 Å². The average Bonchev–Trinajstić information content (AvgIpc) is 2.82. The summed E-state index contributed by atoms with van der Waals surface area (Å²) in [5.74, 6) is 0.756. The molecule has 210 valence electrons. The van der Waals surface area contributed by atoms with Crippen molar-refractivity contribution in [2.24, 2.45) is 50.2 Å². The first kappa shape index (κ1) is 27.6. The van der Waals surface area contributed by atoms with Gasteiger partial charge in [-0.3, -0.25) is 4.79 Å². The van der Waals surface area contributed by atoms with E-state index in [0.29, 0.717) is 18.9 Å².